The Morgan fingerprint density at radius 3 is 2.33 bits per heavy atom. The fourth-order valence-electron chi connectivity index (χ4n) is 0.406. The second kappa shape index (κ2) is 0.990. The highest BCUT2D eigenvalue weighted by molar-refractivity contribution is 5.09. The second-order valence-electron chi connectivity index (χ2n) is 1.67. The molecule has 0 radical (unpaired) electrons. The van der Waals surface area contributed by atoms with Crippen LogP contribution < -0.4 is 5.73 Å². The molecular weight excluding hydrogens is 74.1 g/mol. The number of terminal acetylenes is 1. The zero-order chi connectivity index (χ0) is 4.57. The summed E-state index contributed by atoms with van der Waals surface area (Å²) < 4.78 is 0. The van der Waals surface area contributed by atoms with Gasteiger partial charge in [-0.1, -0.05) is 0 Å². The number of nitrogens with two attached hydrogens (primary N) is 1. The van der Waals surface area contributed by atoms with E-state index in [4.69, 9.17) is 12.2 Å². The Morgan fingerprint density at radius 1 is 1.83 bits per heavy atom. The van der Waals surface area contributed by atoms with Crippen LogP contribution in [-0.2, 0) is 0 Å². The first-order valence-electron chi connectivity index (χ1n) is 2.06. The Labute approximate surface area is 37.5 Å². The fraction of sp³-hybridized carbons (Fsp3) is 0.600. The molecule has 0 bridgehead atoms. The maximum absolute atomic E-state index is 5.33. The van der Waals surface area contributed by atoms with Gasteiger partial charge in [0.15, 0.2) is 0 Å². The molecule has 0 unspecified atom stereocenters. The van der Waals surface area contributed by atoms with E-state index in [2.05, 4.69) is 5.92 Å². The molecule has 1 saturated carbocycles. The van der Waals surface area contributed by atoms with Gasteiger partial charge in [-0.2, -0.15) is 0 Å². The maximum atomic E-state index is 5.33. The molecule has 0 spiro atoms. The minimum absolute atomic E-state index is 0.329. The lowest BCUT2D eigenvalue weighted by molar-refractivity contribution is 1.000. The van der Waals surface area contributed by atoms with Gasteiger partial charge in [-0.15, -0.1) is 12.3 Å². The van der Waals surface area contributed by atoms with Crippen molar-refractivity contribution in [1.29, 1.82) is 0 Å². The third-order valence-electron chi connectivity index (χ3n) is 1.05. The van der Waals surface area contributed by atoms with Gasteiger partial charge in [-0.3, -0.25) is 0 Å². The average Bonchev–Trinajstić information content (AvgIpc) is 2.19. The van der Waals surface area contributed by atoms with E-state index < -0.39 is 0 Å². The predicted molar refractivity (Wildman–Crippen MR) is 24.9 cm³/mol. The van der Waals surface area contributed by atoms with Crippen LogP contribution in [0.3, 0.4) is 0 Å². The van der Waals surface area contributed by atoms with E-state index in [0.717, 1.165) is 6.42 Å². The van der Waals surface area contributed by atoms with Crippen molar-refractivity contribution in [1.82, 2.24) is 0 Å². The monoisotopic (exact) mass is 81.1 g/mol. The summed E-state index contributed by atoms with van der Waals surface area (Å²) in [7, 11) is 0. The standard InChI is InChI=1S/C5H7N/c1-2-4-3-5(4)6/h1,4-5H,3,6H2/t4-,5+/m0/s1. The van der Waals surface area contributed by atoms with Gasteiger partial charge >= 0.3 is 0 Å². The van der Waals surface area contributed by atoms with Gasteiger partial charge in [0.1, 0.15) is 0 Å². The quantitative estimate of drug-likeness (QED) is 0.407. The summed E-state index contributed by atoms with van der Waals surface area (Å²) >= 11 is 0. The summed E-state index contributed by atoms with van der Waals surface area (Å²) in [4.78, 5) is 0. The smallest absolute Gasteiger partial charge is 0.0367 e. The molecule has 0 aromatic rings. The summed E-state index contributed by atoms with van der Waals surface area (Å²) in [6.45, 7) is 0. The summed E-state index contributed by atoms with van der Waals surface area (Å²) in [5, 5.41) is 0. The molecule has 0 aromatic heterocycles. The van der Waals surface area contributed by atoms with Gasteiger partial charge in [-0.05, 0) is 6.42 Å². The molecule has 0 saturated heterocycles. The first-order chi connectivity index (χ1) is 2.84. The Balaban J connectivity index is 2.31. The van der Waals surface area contributed by atoms with Crippen LogP contribution in [0.4, 0.5) is 0 Å². The van der Waals surface area contributed by atoms with Crippen LogP contribution in [0.15, 0.2) is 0 Å². The maximum Gasteiger partial charge on any atom is 0.0367 e. The summed E-state index contributed by atoms with van der Waals surface area (Å²) in [5.74, 6) is 2.97. The van der Waals surface area contributed by atoms with Gasteiger partial charge in [0.25, 0.3) is 0 Å². The highest BCUT2D eigenvalue weighted by atomic mass is 14.7. The molecule has 0 aromatic carbocycles. The van der Waals surface area contributed by atoms with Crippen molar-refractivity contribution in [2.75, 3.05) is 0 Å². The predicted octanol–water partition coefficient (Wildman–Crippen LogP) is -0.0332. The van der Waals surface area contributed by atoms with Gasteiger partial charge < -0.3 is 5.73 Å². The molecule has 1 heteroatoms. The van der Waals surface area contributed by atoms with Crippen molar-refractivity contribution >= 4 is 0 Å². The van der Waals surface area contributed by atoms with Crippen LogP contribution >= 0.6 is 0 Å². The Hall–Kier alpha value is -0.480. The summed E-state index contributed by atoms with van der Waals surface area (Å²) in [6.07, 6.45) is 6.03. The zero-order valence-electron chi connectivity index (χ0n) is 3.52. The summed E-state index contributed by atoms with van der Waals surface area (Å²) in [6, 6.07) is 0.329. The molecule has 1 aliphatic rings. The van der Waals surface area contributed by atoms with Crippen molar-refractivity contribution < 1.29 is 0 Å². The van der Waals surface area contributed by atoms with Crippen molar-refractivity contribution in [2.24, 2.45) is 11.7 Å². The van der Waals surface area contributed by atoms with E-state index in [9.17, 15) is 0 Å². The third kappa shape index (κ3) is 0.395. The molecular formula is C5H7N. The molecule has 6 heavy (non-hydrogen) atoms. The van der Waals surface area contributed by atoms with Crippen LogP contribution in [0.25, 0.3) is 0 Å². The number of hydrogen-bond donors (Lipinski definition) is 1. The van der Waals surface area contributed by atoms with Gasteiger partial charge in [-0.25, -0.2) is 0 Å². The molecule has 1 fully saturated rings. The zero-order valence-corrected chi connectivity index (χ0v) is 3.52. The lowest BCUT2D eigenvalue weighted by Crippen LogP contribution is -1.99. The van der Waals surface area contributed by atoms with Crippen LogP contribution in [0.1, 0.15) is 6.42 Å². The molecule has 0 amide bonds. The van der Waals surface area contributed by atoms with Crippen molar-refractivity contribution in [2.45, 2.75) is 12.5 Å². The van der Waals surface area contributed by atoms with E-state index in [1.807, 2.05) is 0 Å². The van der Waals surface area contributed by atoms with Gasteiger partial charge in [0.05, 0.1) is 0 Å². The minimum Gasteiger partial charge on any atom is -0.327 e. The van der Waals surface area contributed by atoms with E-state index >= 15 is 0 Å². The summed E-state index contributed by atoms with van der Waals surface area (Å²) in [5.41, 5.74) is 5.33. The normalized spacial score (nSPS) is 41.3. The van der Waals surface area contributed by atoms with Gasteiger partial charge in [0, 0.05) is 12.0 Å². The lowest BCUT2D eigenvalue weighted by atomic mass is 10.4. The van der Waals surface area contributed by atoms with Crippen molar-refractivity contribution in [3.8, 4) is 12.3 Å². The van der Waals surface area contributed by atoms with Crippen LogP contribution in [-0.4, -0.2) is 6.04 Å². The van der Waals surface area contributed by atoms with Crippen molar-refractivity contribution in [3.05, 3.63) is 0 Å². The van der Waals surface area contributed by atoms with E-state index in [-0.39, 0.29) is 0 Å². The van der Waals surface area contributed by atoms with Crippen LogP contribution in [0.2, 0.25) is 0 Å². The molecule has 1 rings (SSSR count). The highest BCUT2D eigenvalue weighted by Crippen LogP contribution is 2.25. The van der Waals surface area contributed by atoms with Crippen molar-refractivity contribution in [3.63, 3.8) is 0 Å². The number of hydrogen-bond acceptors (Lipinski definition) is 1. The molecule has 0 heterocycles. The van der Waals surface area contributed by atoms with Crippen LogP contribution in [0.5, 0.6) is 0 Å². The molecule has 1 nitrogen and oxygen atoms in total. The van der Waals surface area contributed by atoms with Gasteiger partial charge in [0.2, 0.25) is 0 Å². The molecule has 1 aliphatic carbocycles. The Morgan fingerprint density at radius 2 is 2.33 bits per heavy atom. The minimum atomic E-state index is 0.329. The highest BCUT2D eigenvalue weighted by Gasteiger charge is 2.30. The Bertz CT molecular complexity index is 90.6. The SMILES string of the molecule is C#C[C@H]1C[C@H]1N. The largest absolute Gasteiger partial charge is 0.327 e. The first kappa shape index (κ1) is 3.70. The third-order valence-corrected chi connectivity index (χ3v) is 1.05. The second-order valence-corrected chi connectivity index (χ2v) is 1.67. The molecule has 0 aliphatic heterocycles. The van der Waals surface area contributed by atoms with Crippen LogP contribution in [0, 0.1) is 18.3 Å². The molecule has 2 N–H and O–H groups in total. The fourth-order valence-corrected chi connectivity index (χ4v) is 0.406. The Kier molecular flexibility index (Phi) is 0.611. The first-order valence-corrected chi connectivity index (χ1v) is 2.06. The molecule has 2 atom stereocenters. The lowest BCUT2D eigenvalue weighted by Gasteiger charge is -1.70. The van der Waals surface area contributed by atoms with E-state index in [0.29, 0.717) is 12.0 Å². The topological polar surface area (TPSA) is 26.0 Å². The number of rotatable bonds is 0. The molecule has 32 valence electrons. The van der Waals surface area contributed by atoms with E-state index in [1.54, 1.807) is 0 Å². The average molecular weight is 81.1 g/mol. The van der Waals surface area contributed by atoms with E-state index in [1.165, 1.54) is 0 Å².